The van der Waals surface area contributed by atoms with Crippen molar-refractivity contribution in [2.24, 2.45) is 11.3 Å². The maximum atomic E-state index is 12.1. The molecular weight excluding hydrogens is 462 g/mol. The number of fused-ring (bicyclic) bond motifs is 2. The van der Waals surface area contributed by atoms with E-state index in [0.29, 0.717) is 18.3 Å². The third-order valence-electron chi connectivity index (χ3n) is 5.23. The molecule has 0 radical (unpaired) electrons. The van der Waals surface area contributed by atoms with Crippen LogP contribution in [0.25, 0.3) is 32.0 Å². The Kier molecular flexibility index (Phi) is 6.77. The van der Waals surface area contributed by atoms with E-state index in [1.807, 2.05) is 62.0 Å². The summed E-state index contributed by atoms with van der Waals surface area (Å²) in [5, 5.41) is 4.41. The molecule has 9 heteroatoms. The van der Waals surface area contributed by atoms with Gasteiger partial charge in [-0.25, -0.2) is 14.5 Å². The fourth-order valence-electron chi connectivity index (χ4n) is 4.02. The lowest BCUT2D eigenvalue weighted by molar-refractivity contribution is 0.0663. The molecule has 182 valence electrons. The monoisotopic (exact) mass is 492 g/mol. The van der Waals surface area contributed by atoms with Crippen LogP contribution in [-0.2, 0) is 4.74 Å². The van der Waals surface area contributed by atoms with E-state index in [9.17, 15) is 4.79 Å². The van der Waals surface area contributed by atoms with Gasteiger partial charge in [0.05, 0.1) is 26.9 Å². The maximum Gasteiger partial charge on any atom is 0.728 e. The Labute approximate surface area is 208 Å². The van der Waals surface area contributed by atoms with Gasteiger partial charge in [0.25, 0.3) is 0 Å². The molecule has 3 aromatic heterocycles. The van der Waals surface area contributed by atoms with Gasteiger partial charge in [0.2, 0.25) is 0 Å². The Morgan fingerprint density at radius 1 is 1.14 bits per heavy atom. The van der Waals surface area contributed by atoms with Crippen LogP contribution in [0.15, 0.2) is 42.2 Å². The van der Waals surface area contributed by atoms with Gasteiger partial charge in [-0.2, -0.15) is 9.89 Å². The molecule has 0 aliphatic rings. The topological polar surface area (TPSA) is 83.0 Å². The van der Waals surface area contributed by atoms with E-state index < -0.39 is 17.1 Å². The number of ether oxygens (including phenoxy) is 2. The molecule has 1 aromatic carbocycles. The molecule has 35 heavy (non-hydrogen) atoms. The number of hydrogen-bond donors (Lipinski definition) is 0. The lowest BCUT2D eigenvalue weighted by atomic mass is 9.84. The molecular formula is C26H30N5O3S+. The number of carbonyl (C=O) groups is 1. The summed E-state index contributed by atoms with van der Waals surface area (Å²) in [6.07, 6.45) is 3.60. The molecule has 0 unspecified atom stereocenters. The van der Waals surface area contributed by atoms with Crippen LogP contribution in [0, 0.1) is 17.4 Å². The molecule has 0 aliphatic carbocycles. The Balaban J connectivity index is 1.62. The maximum absolute atomic E-state index is 12.1. The summed E-state index contributed by atoms with van der Waals surface area (Å²) < 4.78 is 14.4. The summed E-state index contributed by atoms with van der Waals surface area (Å²) in [4.78, 5) is 25.0. The lowest BCUT2D eigenvalue weighted by Crippen LogP contribution is -2.26. The van der Waals surface area contributed by atoms with Crippen LogP contribution in [-0.4, -0.2) is 37.9 Å². The van der Waals surface area contributed by atoms with Gasteiger partial charge in [0.15, 0.2) is 5.65 Å². The highest BCUT2D eigenvalue weighted by Crippen LogP contribution is 2.37. The van der Waals surface area contributed by atoms with E-state index in [4.69, 9.17) is 9.47 Å². The van der Waals surface area contributed by atoms with Crippen molar-refractivity contribution in [1.82, 2.24) is 19.6 Å². The van der Waals surface area contributed by atoms with Crippen molar-refractivity contribution in [1.29, 1.82) is 0 Å². The highest BCUT2D eigenvalue weighted by Gasteiger charge is 2.34. The molecule has 8 nitrogen and oxygen atoms in total. The molecule has 0 fully saturated rings. The third kappa shape index (κ3) is 5.77. The van der Waals surface area contributed by atoms with Crippen molar-refractivity contribution in [3.63, 3.8) is 0 Å². The fraction of sp³-hybridized carbons (Fsp3) is 0.423. The molecule has 1 atom stereocenters. The normalized spacial score (nSPS) is 13.5. The number of benzene rings is 1. The Morgan fingerprint density at radius 3 is 2.69 bits per heavy atom. The minimum Gasteiger partial charge on any atom is -0.489 e. The van der Waals surface area contributed by atoms with Crippen molar-refractivity contribution in [2.45, 2.75) is 53.6 Å². The van der Waals surface area contributed by atoms with Crippen LogP contribution >= 0.6 is 11.3 Å². The predicted molar refractivity (Wildman–Crippen MR) is 138 cm³/mol. The highest BCUT2D eigenvalue weighted by molar-refractivity contribution is 7.17. The quantitative estimate of drug-likeness (QED) is 0.298. The average Bonchev–Trinajstić information content (AvgIpc) is 3.44. The molecule has 0 saturated carbocycles. The second-order valence-electron chi connectivity index (χ2n) is 10.2. The predicted octanol–water partition coefficient (Wildman–Crippen LogP) is 6.71. The summed E-state index contributed by atoms with van der Waals surface area (Å²) in [7, 11) is 0. The van der Waals surface area contributed by atoms with E-state index in [2.05, 4.69) is 39.8 Å². The van der Waals surface area contributed by atoms with Gasteiger partial charge < -0.3 is 9.47 Å². The van der Waals surface area contributed by atoms with E-state index in [0.717, 1.165) is 33.5 Å². The molecule has 0 saturated heterocycles. The van der Waals surface area contributed by atoms with Crippen molar-refractivity contribution < 1.29 is 14.3 Å². The first-order valence-corrected chi connectivity index (χ1v) is 12.4. The number of carbonyl (C=O) groups excluding carboxylic acids is 1. The second kappa shape index (κ2) is 9.62. The van der Waals surface area contributed by atoms with E-state index in [1.165, 1.54) is 0 Å². The zero-order valence-corrected chi connectivity index (χ0v) is 21.7. The van der Waals surface area contributed by atoms with Crippen LogP contribution < -0.4 is 4.74 Å². The summed E-state index contributed by atoms with van der Waals surface area (Å²) in [5.74, 6) is 1.03. The minimum atomic E-state index is -0.652. The number of amides is 1. The second-order valence-corrected chi connectivity index (χ2v) is 11.1. The zero-order chi connectivity index (χ0) is 25.2. The summed E-state index contributed by atoms with van der Waals surface area (Å²) in [6.45, 7) is 11.9. The minimum absolute atomic E-state index is 0.294. The van der Waals surface area contributed by atoms with E-state index in [1.54, 1.807) is 23.7 Å². The molecule has 4 aromatic rings. The molecule has 0 N–H and O–H groups in total. The Hall–Kier alpha value is -3.51. The van der Waals surface area contributed by atoms with Crippen molar-refractivity contribution >= 4 is 33.3 Å². The van der Waals surface area contributed by atoms with E-state index >= 15 is 0 Å². The highest BCUT2D eigenvalue weighted by atomic mass is 32.1. The number of thiazole rings is 1. The summed E-state index contributed by atoms with van der Waals surface area (Å²) in [6, 6.07) is 10.8. The van der Waals surface area contributed by atoms with Gasteiger partial charge in [-0.15, -0.1) is 11.3 Å². The van der Waals surface area contributed by atoms with Gasteiger partial charge in [-0.3, -0.25) is 0 Å². The third-order valence-corrected chi connectivity index (χ3v) is 6.09. The number of hydrogen-bond acceptors (Lipinski definition) is 7. The largest absolute Gasteiger partial charge is 0.728 e. The first-order chi connectivity index (χ1) is 16.5. The lowest BCUT2D eigenvalue weighted by Gasteiger charge is -2.21. The average molecular weight is 493 g/mol. The van der Waals surface area contributed by atoms with Crippen molar-refractivity contribution in [3.8, 4) is 23.1 Å². The number of aromatic nitrogens is 4. The first kappa shape index (κ1) is 24.6. The SMILES string of the molecule is CC(C)C[C@](C)(C#[N+]C(=O)OC(C)(C)C)COc1ccc(-c2ccnc3ccnn23)c2scnc12. The van der Waals surface area contributed by atoms with Crippen LogP contribution in [0.4, 0.5) is 4.79 Å². The molecule has 0 aliphatic heterocycles. The molecule has 3 heterocycles. The smallest absolute Gasteiger partial charge is 0.489 e. The molecule has 4 rings (SSSR count). The van der Waals surface area contributed by atoms with Gasteiger partial charge in [0, 0.05) is 17.8 Å². The van der Waals surface area contributed by atoms with Gasteiger partial charge in [-0.1, -0.05) is 13.8 Å². The van der Waals surface area contributed by atoms with Gasteiger partial charge >= 0.3 is 12.2 Å². The summed E-state index contributed by atoms with van der Waals surface area (Å²) >= 11 is 1.55. The first-order valence-electron chi connectivity index (χ1n) is 11.5. The Morgan fingerprint density at radius 2 is 1.94 bits per heavy atom. The van der Waals surface area contributed by atoms with Crippen LogP contribution in [0.3, 0.4) is 0 Å². The summed E-state index contributed by atoms with van der Waals surface area (Å²) in [5.41, 5.74) is 4.12. The number of rotatable bonds is 6. The van der Waals surface area contributed by atoms with Gasteiger partial charge in [0.1, 0.15) is 28.9 Å². The Bertz CT molecular complexity index is 1420. The van der Waals surface area contributed by atoms with Crippen LogP contribution in [0.1, 0.15) is 48.0 Å². The van der Waals surface area contributed by atoms with Gasteiger partial charge in [-0.05, 0) is 58.2 Å². The molecule has 0 bridgehead atoms. The standard InChI is InChI=1S/C26H30N5O3S/c1-17(2)13-26(6,14-28-24(32)34-25(3,4)5)15-33-20-8-7-18(23-22(20)29-16-35-23)19-9-11-27-21-10-12-30-31(19)21/h7-12,16-17H,13,15H2,1-6H3/q+1/t26-/m1/s1. The molecule has 0 spiro atoms. The van der Waals surface area contributed by atoms with E-state index in [-0.39, 0.29) is 0 Å². The molecule has 1 amide bonds. The fourth-order valence-corrected chi connectivity index (χ4v) is 4.85. The van der Waals surface area contributed by atoms with Crippen molar-refractivity contribution in [2.75, 3.05) is 6.61 Å². The zero-order valence-electron chi connectivity index (χ0n) is 20.9. The van der Waals surface area contributed by atoms with Crippen LogP contribution in [0.5, 0.6) is 5.75 Å². The van der Waals surface area contributed by atoms with Crippen LogP contribution in [0.2, 0.25) is 0 Å². The van der Waals surface area contributed by atoms with Crippen molar-refractivity contribution in [3.05, 3.63) is 47.0 Å². The number of nitrogens with zero attached hydrogens (tertiary/aromatic N) is 5.